The minimum absolute atomic E-state index is 0.116. The van der Waals surface area contributed by atoms with E-state index in [4.69, 9.17) is 0 Å². The van der Waals surface area contributed by atoms with Crippen LogP contribution in [0.4, 0.5) is 4.79 Å². The quantitative estimate of drug-likeness (QED) is 0.693. The van der Waals surface area contributed by atoms with Crippen LogP contribution in [0.3, 0.4) is 0 Å². The van der Waals surface area contributed by atoms with Gasteiger partial charge in [0, 0.05) is 25.2 Å². The highest BCUT2D eigenvalue weighted by Gasteiger charge is 2.29. The highest BCUT2D eigenvalue weighted by Crippen LogP contribution is 2.11. The molecule has 0 aromatic rings. The maximum Gasteiger partial charge on any atom is 0.317 e. The number of nitrogens with zero attached hydrogens (tertiary/aromatic N) is 1. The van der Waals surface area contributed by atoms with Crippen molar-refractivity contribution in [1.29, 1.82) is 0 Å². The van der Waals surface area contributed by atoms with E-state index >= 15 is 0 Å². The van der Waals surface area contributed by atoms with Gasteiger partial charge in [0.05, 0.1) is 0 Å². The molecule has 0 spiro atoms. The molecule has 2 amide bonds. The minimum atomic E-state index is 0.116. The lowest BCUT2D eigenvalue weighted by Gasteiger charge is -2.19. The summed E-state index contributed by atoms with van der Waals surface area (Å²) in [5.41, 5.74) is 0. The average molecular weight is 197 g/mol. The van der Waals surface area contributed by atoms with Crippen LogP contribution in [0.15, 0.2) is 0 Å². The van der Waals surface area contributed by atoms with Gasteiger partial charge in [-0.1, -0.05) is 6.92 Å². The van der Waals surface area contributed by atoms with Gasteiger partial charge in [0.25, 0.3) is 0 Å². The topological polar surface area (TPSA) is 44.4 Å². The molecule has 0 aliphatic carbocycles. The molecule has 0 radical (unpaired) electrons. The Bertz CT molecular complexity index is 213. The zero-order valence-corrected chi connectivity index (χ0v) is 8.75. The molecule has 4 nitrogen and oxygen atoms in total. The van der Waals surface area contributed by atoms with Crippen LogP contribution < -0.4 is 10.6 Å². The maximum absolute atomic E-state index is 11.5. The van der Waals surface area contributed by atoms with Crippen molar-refractivity contribution >= 4 is 6.03 Å². The maximum atomic E-state index is 11.5. The first-order valence-corrected chi connectivity index (χ1v) is 5.58. The van der Waals surface area contributed by atoms with Gasteiger partial charge < -0.3 is 15.5 Å². The number of hydrogen-bond donors (Lipinski definition) is 2. The zero-order chi connectivity index (χ0) is 9.97. The van der Waals surface area contributed by atoms with Gasteiger partial charge >= 0.3 is 6.03 Å². The van der Waals surface area contributed by atoms with Crippen LogP contribution in [0.25, 0.3) is 0 Å². The summed E-state index contributed by atoms with van der Waals surface area (Å²) < 4.78 is 0. The molecule has 0 aromatic heterocycles. The lowest BCUT2D eigenvalue weighted by molar-refractivity contribution is 0.213. The Morgan fingerprint density at radius 2 is 2.36 bits per heavy atom. The first-order valence-electron chi connectivity index (χ1n) is 5.58. The van der Waals surface area contributed by atoms with Crippen molar-refractivity contribution in [1.82, 2.24) is 15.5 Å². The zero-order valence-electron chi connectivity index (χ0n) is 8.75. The SMILES string of the molecule is CCC1CN(CC2CCCN2)C(=O)N1. The van der Waals surface area contributed by atoms with Gasteiger partial charge in [-0.2, -0.15) is 0 Å². The smallest absolute Gasteiger partial charge is 0.317 e. The number of nitrogens with one attached hydrogen (secondary N) is 2. The van der Waals surface area contributed by atoms with Crippen LogP contribution in [0.1, 0.15) is 26.2 Å². The highest BCUT2D eigenvalue weighted by molar-refractivity contribution is 5.76. The summed E-state index contributed by atoms with van der Waals surface area (Å²) in [6.45, 7) is 4.98. The molecule has 2 aliphatic rings. The Morgan fingerprint density at radius 3 is 2.93 bits per heavy atom. The summed E-state index contributed by atoms with van der Waals surface area (Å²) >= 11 is 0. The van der Waals surface area contributed by atoms with Crippen molar-refractivity contribution in [3.05, 3.63) is 0 Å². The van der Waals surface area contributed by atoms with Crippen molar-refractivity contribution < 1.29 is 4.79 Å². The van der Waals surface area contributed by atoms with E-state index in [1.807, 2.05) is 4.90 Å². The molecular formula is C10H19N3O. The van der Waals surface area contributed by atoms with E-state index < -0.39 is 0 Å². The molecule has 4 heteroatoms. The first kappa shape index (κ1) is 9.77. The number of urea groups is 1. The monoisotopic (exact) mass is 197 g/mol. The molecule has 0 saturated carbocycles. The standard InChI is InChI=1S/C10H19N3O/c1-2-8-6-13(10(14)12-8)7-9-4-3-5-11-9/h8-9,11H,2-7H2,1H3,(H,12,14). The third-order valence-corrected chi connectivity index (χ3v) is 3.15. The van der Waals surface area contributed by atoms with E-state index in [2.05, 4.69) is 17.6 Å². The Kier molecular flexibility index (Phi) is 2.91. The third kappa shape index (κ3) is 2.00. The third-order valence-electron chi connectivity index (χ3n) is 3.15. The van der Waals surface area contributed by atoms with E-state index in [-0.39, 0.29) is 6.03 Å². The van der Waals surface area contributed by atoms with Gasteiger partial charge in [-0.3, -0.25) is 0 Å². The van der Waals surface area contributed by atoms with Gasteiger partial charge in [-0.15, -0.1) is 0 Å². The Labute approximate surface area is 85.0 Å². The van der Waals surface area contributed by atoms with Crippen LogP contribution in [0.5, 0.6) is 0 Å². The summed E-state index contributed by atoms with van der Waals surface area (Å²) in [6.07, 6.45) is 3.48. The predicted molar refractivity (Wildman–Crippen MR) is 55.2 cm³/mol. The first-order chi connectivity index (χ1) is 6.79. The molecule has 2 unspecified atom stereocenters. The molecule has 0 bridgehead atoms. The van der Waals surface area contributed by atoms with Crippen molar-refractivity contribution in [2.24, 2.45) is 0 Å². The van der Waals surface area contributed by atoms with Gasteiger partial charge in [-0.05, 0) is 25.8 Å². The van der Waals surface area contributed by atoms with E-state index in [0.717, 1.165) is 26.1 Å². The largest absolute Gasteiger partial charge is 0.333 e. The van der Waals surface area contributed by atoms with E-state index in [1.54, 1.807) is 0 Å². The van der Waals surface area contributed by atoms with Crippen LogP contribution in [0.2, 0.25) is 0 Å². The van der Waals surface area contributed by atoms with Gasteiger partial charge in [0.15, 0.2) is 0 Å². The fourth-order valence-electron chi connectivity index (χ4n) is 2.23. The molecule has 2 rings (SSSR count). The summed E-state index contributed by atoms with van der Waals surface area (Å²) in [7, 11) is 0. The van der Waals surface area contributed by atoms with Gasteiger partial charge in [0.2, 0.25) is 0 Å². The number of rotatable bonds is 3. The molecule has 80 valence electrons. The van der Waals surface area contributed by atoms with Crippen LogP contribution >= 0.6 is 0 Å². The van der Waals surface area contributed by atoms with E-state index in [9.17, 15) is 4.79 Å². The fourth-order valence-corrected chi connectivity index (χ4v) is 2.23. The Balaban J connectivity index is 1.82. The summed E-state index contributed by atoms with van der Waals surface area (Å²) in [4.78, 5) is 13.5. The molecule has 2 fully saturated rings. The highest BCUT2D eigenvalue weighted by atomic mass is 16.2. The fraction of sp³-hybridized carbons (Fsp3) is 0.900. The van der Waals surface area contributed by atoms with Crippen LogP contribution in [-0.4, -0.2) is 42.6 Å². The lowest BCUT2D eigenvalue weighted by Crippen LogP contribution is -2.39. The second-order valence-corrected chi connectivity index (χ2v) is 4.25. The molecular weight excluding hydrogens is 178 g/mol. The molecule has 2 N–H and O–H groups in total. The molecule has 2 atom stereocenters. The second-order valence-electron chi connectivity index (χ2n) is 4.25. The van der Waals surface area contributed by atoms with Gasteiger partial charge in [0.1, 0.15) is 0 Å². The molecule has 14 heavy (non-hydrogen) atoms. The number of carbonyl (C=O) groups is 1. The Morgan fingerprint density at radius 1 is 1.50 bits per heavy atom. The summed E-state index contributed by atoms with van der Waals surface area (Å²) in [6, 6.07) is 1.01. The summed E-state index contributed by atoms with van der Waals surface area (Å²) in [5, 5.41) is 6.40. The lowest BCUT2D eigenvalue weighted by atomic mass is 10.2. The van der Waals surface area contributed by atoms with Crippen molar-refractivity contribution in [3.8, 4) is 0 Å². The average Bonchev–Trinajstić information content (AvgIpc) is 2.78. The van der Waals surface area contributed by atoms with Crippen molar-refractivity contribution in [3.63, 3.8) is 0 Å². The van der Waals surface area contributed by atoms with Crippen LogP contribution in [-0.2, 0) is 0 Å². The number of carbonyl (C=O) groups excluding carboxylic acids is 1. The van der Waals surface area contributed by atoms with Gasteiger partial charge in [-0.25, -0.2) is 4.79 Å². The summed E-state index contributed by atoms with van der Waals surface area (Å²) in [5.74, 6) is 0. The van der Waals surface area contributed by atoms with Crippen LogP contribution in [0, 0.1) is 0 Å². The molecule has 0 aromatic carbocycles. The Hall–Kier alpha value is -0.770. The normalized spacial score (nSPS) is 32.4. The second kappa shape index (κ2) is 4.17. The predicted octanol–water partition coefficient (Wildman–Crippen LogP) is 0.542. The van der Waals surface area contributed by atoms with Crippen molar-refractivity contribution in [2.75, 3.05) is 19.6 Å². The molecule has 2 saturated heterocycles. The van der Waals surface area contributed by atoms with Crippen molar-refractivity contribution in [2.45, 2.75) is 38.3 Å². The van der Waals surface area contributed by atoms with E-state index in [0.29, 0.717) is 12.1 Å². The number of hydrogen-bond acceptors (Lipinski definition) is 2. The molecule has 2 aliphatic heterocycles. The van der Waals surface area contributed by atoms with E-state index in [1.165, 1.54) is 12.8 Å². The number of amides is 2. The molecule has 2 heterocycles. The minimum Gasteiger partial charge on any atom is -0.333 e.